The van der Waals surface area contributed by atoms with Crippen LogP contribution in [0.2, 0.25) is 0 Å². The largest absolute Gasteiger partial charge is 0.543 e. The van der Waals surface area contributed by atoms with Crippen LogP contribution in [0, 0.1) is 0 Å². The van der Waals surface area contributed by atoms with Gasteiger partial charge in [-0.15, -0.1) is 0 Å². The second kappa shape index (κ2) is 26.8. The third kappa shape index (κ3) is 13.9. The van der Waals surface area contributed by atoms with Gasteiger partial charge in [-0.25, -0.2) is 0 Å². The average molecular weight is 1130 g/mol. The van der Waals surface area contributed by atoms with Gasteiger partial charge in [0, 0.05) is 124 Å². The van der Waals surface area contributed by atoms with E-state index in [0.717, 1.165) is 127 Å². The summed E-state index contributed by atoms with van der Waals surface area (Å²) in [6, 6.07) is 33.3. The van der Waals surface area contributed by atoms with Crippen LogP contribution in [0.1, 0.15) is 75.6 Å². The summed E-state index contributed by atoms with van der Waals surface area (Å²) in [5.41, 5.74) is 10.5. The molecule has 4 amide bonds. The molecule has 438 valence electrons. The molecule has 0 saturated carbocycles. The number of hydrogen-bond donors (Lipinski definition) is 4. The Morgan fingerprint density at radius 3 is 0.622 bits per heavy atom. The molecular weight excluding hydrogens is 1060 g/mol. The first-order valence-electron chi connectivity index (χ1n) is 26.5. The SMILES string of the molecule is CC(=O)N1CC2(CCNC2)c2ccccc21.CC(=O)N1CC2(CCNC2)c2ccccc21.CC(=O)N1CC2(CCNC2)c2ccccc21.CC(=O)N1CC2(CCNC2)c2ccccc21.O=C([O-])C(=O)[O-].O=C([O-])C(=O)[O-].O=C([O-])C(=O)[O-]. The zero-order valence-corrected chi connectivity index (χ0v) is 45.9. The number of hydrogen-bond acceptors (Lipinski definition) is 20. The number of carboxylic acids is 6. The second-order valence-corrected chi connectivity index (χ2v) is 21.0. The minimum atomic E-state index is -2.19. The molecule has 8 heterocycles. The highest BCUT2D eigenvalue weighted by atomic mass is 16.5. The number of carbonyl (C=O) groups excluding carboxylic acids is 10. The number of amides is 4. The van der Waals surface area contributed by atoms with Crippen molar-refractivity contribution >= 4 is 82.2 Å². The Bertz CT molecular complexity index is 2640. The summed E-state index contributed by atoms with van der Waals surface area (Å²) in [6.07, 6.45) is 4.53. The summed E-state index contributed by atoms with van der Waals surface area (Å²) in [6.45, 7) is 18.2. The van der Waals surface area contributed by atoms with E-state index in [-0.39, 0.29) is 45.3 Å². The molecule has 24 heteroatoms. The molecule has 4 unspecified atom stereocenters. The molecule has 4 aromatic carbocycles. The molecular formula is C58H64N8O16-6. The first kappa shape index (κ1) is 62.6. The Morgan fingerprint density at radius 2 is 0.488 bits per heavy atom. The summed E-state index contributed by atoms with van der Waals surface area (Å²) in [4.78, 5) is 108. The molecule has 4 aromatic rings. The summed E-state index contributed by atoms with van der Waals surface area (Å²) >= 11 is 0. The lowest BCUT2D eigenvalue weighted by Gasteiger charge is -2.23. The number of carbonyl (C=O) groups is 10. The standard InChI is InChI=1S/4C13H16N2O.3C2H2O4/c4*1-10(16)15-9-13(6-7-14-8-13)11-4-2-3-5-12(11)15;3*3-1(4)2(5)6/h4*2-5,14H,6-9H2,1H3;3*(H,3,4)(H,5,6)/p-6. The van der Waals surface area contributed by atoms with Crippen molar-refractivity contribution in [3.8, 4) is 0 Å². The molecule has 0 bridgehead atoms. The Labute approximate surface area is 473 Å². The molecule has 24 nitrogen and oxygen atoms in total. The van der Waals surface area contributed by atoms with Crippen LogP contribution in [0.15, 0.2) is 97.1 Å². The van der Waals surface area contributed by atoms with E-state index in [9.17, 15) is 19.2 Å². The van der Waals surface area contributed by atoms with Gasteiger partial charge in [-0.2, -0.15) is 0 Å². The van der Waals surface area contributed by atoms with Gasteiger partial charge in [0.25, 0.3) is 0 Å². The Kier molecular flexibility index (Phi) is 20.5. The molecule has 12 rings (SSSR count). The van der Waals surface area contributed by atoms with Crippen molar-refractivity contribution in [2.45, 2.75) is 75.0 Å². The zero-order valence-electron chi connectivity index (χ0n) is 45.9. The van der Waals surface area contributed by atoms with Gasteiger partial charge in [-0.1, -0.05) is 72.8 Å². The van der Waals surface area contributed by atoms with E-state index in [1.54, 1.807) is 27.7 Å². The third-order valence-corrected chi connectivity index (χ3v) is 15.9. The Morgan fingerprint density at radius 1 is 0.317 bits per heavy atom. The highest BCUT2D eigenvalue weighted by molar-refractivity contribution is 6.26. The number of nitrogens with one attached hydrogen (secondary N) is 4. The van der Waals surface area contributed by atoms with E-state index in [2.05, 4.69) is 94.1 Å². The second-order valence-electron chi connectivity index (χ2n) is 21.0. The predicted molar refractivity (Wildman–Crippen MR) is 285 cm³/mol. The van der Waals surface area contributed by atoms with Crippen LogP contribution in [0.25, 0.3) is 0 Å². The molecule has 4 saturated heterocycles. The smallest absolute Gasteiger partial charge is 0.223 e. The normalized spacial score (nSPS) is 23.0. The lowest BCUT2D eigenvalue weighted by molar-refractivity contribution is -0.345. The maximum absolute atomic E-state index is 11.7. The van der Waals surface area contributed by atoms with Crippen molar-refractivity contribution in [2.24, 2.45) is 0 Å². The van der Waals surface area contributed by atoms with Crippen LogP contribution in [-0.2, 0) is 69.6 Å². The van der Waals surface area contributed by atoms with Gasteiger partial charge >= 0.3 is 0 Å². The third-order valence-electron chi connectivity index (χ3n) is 15.9. The highest BCUT2D eigenvalue weighted by Gasteiger charge is 2.49. The van der Waals surface area contributed by atoms with Crippen LogP contribution < -0.4 is 71.5 Å². The number of anilines is 4. The van der Waals surface area contributed by atoms with E-state index in [1.807, 2.05) is 43.9 Å². The number of rotatable bonds is 0. The van der Waals surface area contributed by atoms with Crippen molar-refractivity contribution in [3.05, 3.63) is 119 Å². The van der Waals surface area contributed by atoms with Crippen LogP contribution in [0.4, 0.5) is 22.7 Å². The van der Waals surface area contributed by atoms with Crippen molar-refractivity contribution in [2.75, 3.05) is 98.1 Å². The van der Waals surface area contributed by atoms with E-state index in [0.29, 0.717) is 0 Å². The predicted octanol–water partition coefficient (Wildman–Crippen LogP) is -5.40. The first-order chi connectivity index (χ1) is 38.8. The number of para-hydroxylation sites is 4. The van der Waals surface area contributed by atoms with E-state index in [1.165, 1.54) is 22.3 Å². The zero-order chi connectivity index (χ0) is 60.2. The monoisotopic (exact) mass is 1130 g/mol. The van der Waals surface area contributed by atoms with Crippen LogP contribution in [0.5, 0.6) is 0 Å². The maximum atomic E-state index is 11.7. The topological polar surface area (TPSA) is 370 Å². The Hall–Kier alpha value is -8.58. The molecule has 0 aliphatic carbocycles. The fraction of sp³-hybridized carbons (Fsp3) is 0.414. The van der Waals surface area contributed by atoms with Crippen molar-refractivity contribution in [1.29, 1.82) is 0 Å². The lowest BCUT2D eigenvalue weighted by Crippen LogP contribution is -2.42. The summed E-state index contributed by atoms with van der Waals surface area (Å²) < 4.78 is 0. The quantitative estimate of drug-likeness (QED) is 0.119. The molecule has 4 N–H and O–H groups in total. The minimum absolute atomic E-state index is 0.149. The number of aliphatic carboxylic acids is 6. The van der Waals surface area contributed by atoms with Gasteiger partial charge in [-0.3, -0.25) is 19.2 Å². The van der Waals surface area contributed by atoms with Gasteiger partial charge in [0.05, 0.1) is 35.8 Å². The van der Waals surface area contributed by atoms with Crippen molar-refractivity contribution in [3.63, 3.8) is 0 Å². The lowest BCUT2D eigenvalue weighted by atomic mass is 9.82. The summed E-state index contributed by atoms with van der Waals surface area (Å²) in [5, 5.41) is 67.2. The first-order valence-corrected chi connectivity index (χ1v) is 26.5. The van der Waals surface area contributed by atoms with Crippen LogP contribution in [0.3, 0.4) is 0 Å². The molecule has 4 atom stereocenters. The summed E-state index contributed by atoms with van der Waals surface area (Å²) in [5.74, 6) is -12.5. The van der Waals surface area contributed by atoms with Gasteiger partial charge in [0.1, 0.15) is 0 Å². The average Bonchev–Trinajstić information content (AvgIpc) is 3.18. The number of fused-ring (bicyclic) bond motifs is 8. The van der Waals surface area contributed by atoms with Gasteiger partial charge in [0.15, 0.2) is 0 Å². The Balaban J connectivity index is 0.000000160. The highest BCUT2D eigenvalue weighted by Crippen LogP contribution is 2.47. The molecule has 4 fully saturated rings. The maximum Gasteiger partial charge on any atom is 0.223 e. The molecule has 4 spiro atoms. The summed E-state index contributed by atoms with van der Waals surface area (Å²) in [7, 11) is 0. The molecule has 0 radical (unpaired) electrons. The fourth-order valence-corrected chi connectivity index (χ4v) is 12.1. The van der Waals surface area contributed by atoms with Crippen molar-refractivity contribution in [1.82, 2.24) is 21.3 Å². The molecule has 8 aliphatic rings. The van der Waals surface area contributed by atoms with Crippen LogP contribution in [-0.4, -0.2) is 138 Å². The van der Waals surface area contributed by atoms with Gasteiger partial charge < -0.3 is 100 Å². The number of nitrogens with zero attached hydrogens (tertiary/aromatic N) is 4. The number of benzene rings is 4. The van der Waals surface area contributed by atoms with Crippen LogP contribution >= 0.6 is 0 Å². The fourth-order valence-electron chi connectivity index (χ4n) is 12.1. The molecule has 82 heavy (non-hydrogen) atoms. The minimum Gasteiger partial charge on any atom is -0.543 e. The van der Waals surface area contributed by atoms with E-state index < -0.39 is 35.8 Å². The van der Waals surface area contributed by atoms with Gasteiger partial charge in [-0.05, 0) is 98.4 Å². The van der Waals surface area contributed by atoms with Crippen molar-refractivity contribution < 1.29 is 78.6 Å². The van der Waals surface area contributed by atoms with E-state index >= 15 is 0 Å². The van der Waals surface area contributed by atoms with E-state index in [4.69, 9.17) is 59.4 Å². The molecule has 0 aromatic heterocycles. The van der Waals surface area contributed by atoms with Gasteiger partial charge in [0.2, 0.25) is 23.6 Å². The molecule has 8 aliphatic heterocycles. The number of carboxylic acid groups (broad SMARTS) is 6.